The number of fused-ring (bicyclic) bond motifs is 1. The third-order valence-corrected chi connectivity index (χ3v) is 6.06. The second kappa shape index (κ2) is 9.36. The van der Waals surface area contributed by atoms with Crippen molar-refractivity contribution in [3.8, 4) is 5.75 Å². The van der Waals surface area contributed by atoms with Gasteiger partial charge in [0.05, 0.1) is 18.3 Å². The summed E-state index contributed by atoms with van der Waals surface area (Å²) in [6.45, 7) is -2.92. The van der Waals surface area contributed by atoms with E-state index in [0.717, 1.165) is 23.3 Å². The van der Waals surface area contributed by atoms with Crippen molar-refractivity contribution in [1.29, 1.82) is 0 Å². The maximum atomic E-state index is 12.6. The number of alkyl halides is 2. The third kappa shape index (κ3) is 4.86. The number of thiophene rings is 1. The number of hydrogen-bond donors (Lipinski definition) is 2. The summed E-state index contributed by atoms with van der Waals surface area (Å²) >= 11 is 1.63. The smallest absolute Gasteiger partial charge is 0.387 e. The average Bonchev–Trinajstić information content (AvgIpc) is 3.41. The molecule has 1 heterocycles. The molecule has 1 unspecified atom stereocenters. The zero-order valence-corrected chi connectivity index (χ0v) is 17.1. The van der Waals surface area contributed by atoms with Crippen LogP contribution in [0.5, 0.6) is 5.75 Å². The van der Waals surface area contributed by atoms with Crippen LogP contribution in [-0.4, -0.2) is 19.1 Å². The van der Waals surface area contributed by atoms with Crippen molar-refractivity contribution in [3.63, 3.8) is 0 Å². The van der Waals surface area contributed by atoms with Crippen molar-refractivity contribution in [2.24, 2.45) is 0 Å². The molecule has 0 bridgehead atoms. The van der Waals surface area contributed by atoms with E-state index in [1.165, 1.54) is 29.7 Å². The maximum Gasteiger partial charge on any atom is 0.387 e. The summed E-state index contributed by atoms with van der Waals surface area (Å²) in [4.78, 5) is 13.6. The van der Waals surface area contributed by atoms with E-state index in [0.29, 0.717) is 0 Å². The number of carbonyl (C=O) groups excluding carboxylic acids is 1. The van der Waals surface area contributed by atoms with Crippen molar-refractivity contribution in [1.82, 2.24) is 5.32 Å². The molecule has 0 radical (unpaired) electrons. The lowest BCUT2D eigenvalue weighted by Gasteiger charge is -2.19. The molecule has 30 heavy (non-hydrogen) atoms. The number of rotatable bonds is 8. The van der Waals surface area contributed by atoms with Gasteiger partial charge in [-0.2, -0.15) is 8.78 Å². The summed E-state index contributed by atoms with van der Waals surface area (Å²) in [5, 5.41) is 7.98. The number of aryl methyl sites for hydroxylation is 2. The fourth-order valence-corrected chi connectivity index (χ4v) is 4.59. The maximum absolute atomic E-state index is 12.6. The predicted octanol–water partition coefficient (Wildman–Crippen LogP) is 5.16. The number of carbonyl (C=O) groups is 1. The Morgan fingerprint density at radius 2 is 1.90 bits per heavy atom. The highest BCUT2D eigenvalue weighted by Gasteiger charge is 2.20. The minimum absolute atomic E-state index is 0.0304. The van der Waals surface area contributed by atoms with Crippen molar-refractivity contribution in [2.45, 2.75) is 31.9 Å². The molecule has 4 nitrogen and oxygen atoms in total. The van der Waals surface area contributed by atoms with E-state index in [1.807, 2.05) is 17.5 Å². The number of benzene rings is 2. The molecule has 4 rings (SSSR count). The van der Waals surface area contributed by atoms with E-state index in [9.17, 15) is 13.6 Å². The highest BCUT2D eigenvalue weighted by Crippen LogP contribution is 2.30. The molecule has 0 saturated heterocycles. The molecule has 1 aliphatic rings. The van der Waals surface area contributed by atoms with Gasteiger partial charge < -0.3 is 10.1 Å². The average molecular weight is 429 g/mol. The molecule has 1 amide bonds. The number of halogens is 2. The molecule has 0 saturated carbocycles. The van der Waals surface area contributed by atoms with Gasteiger partial charge in [0.25, 0.3) is 0 Å². The summed E-state index contributed by atoms with van der Waals surface area (Å²) in [5.74, 6) is -0.391. The second-order valence-electron chi connectivity index (χ2n) is 7.13. The van der Waals surface area contributed by atoms with Crippen LogP contribution in [0, 0.1) is 0 Å². The summed E-state index contributed by atoms with van der Waals surface area (Å²) in [5.41, 5.74) is 4.11. The largest absolute Gasteiger partial charge is 0.433 e. The second-order valence-corrected chi connectivity index (χ2v) is 8.11. The van der Waals surface area contributed by atoms with Gasteiger partial charge in [0.2, 0.25) is 5.91 Å². The quantitative estimate of drug-likeness (QED) is 0.521. The summed E-state index contributed by atoms with van der Waals surface area (Å²) in [7, 11) is 0. The van der Waals surface area contributed by atoms with E-state index < -0.39 is 6.61 Å². The van der Waals surface area contributed by atoms with Gasteiger partial charge in [-0.15, -0.1) is 11.3 Å². The molecule has 2 aromatic carbocycles. The number of hydrogen-bond acceptors (Lipinski definition) is 4. The Morgan fingerprint density at radius 3 is 2.70 bits per heavy atom. The Kier molecular flexibility index (Phi) is 6.40. The normalized spacial score (nSPS) is 13.8. The van der Waals surface area contributed by atoms with Gasteiger partial charge in [-0.25, -0.2) is 0 Å². The fraction of sp³-hybridized carbons (Fsp3) is 0.261. The van der Waals surface area contributed by atoms with Crippen molar-refractivity contribution >= 4 is 22.9 Å². The molecule has 0 fully saturated rings. The molecule has 156 valence electrons. The summed E-state index contributed by atoms with van der Waals surface area (Å²) in [6, 6.07) is 16.6. The number of anilines is 1. The molecule has 7 heteroatoms. The lowest BCUT2D eigenvalue weighted by molar-refractivity contribution is -0.115. The molecule has 3 aromatic rings. The molecular weight excluding hydrogens is 406 g/mol. The minimum Gasteiger partial charge on any atom is -0.433 e. The Labute approximate surface area is 177 Å². The van der Waals surface area contributed by atoms with E-state index in [4.69, 9.17) is 0 Å². The Bertz CT molecular complexity index is 1010. The van der Waals surface area contributed by atoms with Gasteiger partial charge in [-0.05, 0) is 59.5 Å². The van der Waals surface area contributed by atoms with E-state index in [2.05, 4.69) is 33.6 Å². The lowest BCUT2D eigenvalue weighted by atomic mass is 10.00. The first kappa shape index (κ1) is 20.5. The first-order valence-electron chi connectivity index (χ1n) is 9.82. The molecule has 0 spiro atoms. The molecule has 2 N–H and O–H groups in total. The lowest BCUT2D eigenvalue weighted by Crippen LogP contribution is -2.31. The zero-order valence-electron chi connectivity index (χ0n) is 16.2. The first-order valence-corrected chi connectivity index (χ1v) is 10.7. The van der Waals surface area contributed by atoms with Crippen molar-refractivity contribution < 1.29 is 18.3 Å². The first-order chi connectivity index (χ1) is 14.6. The molecule has 0 aliphatic heterocycles. The van der Waals surface area contributed by atoms with Crippen LogP contribution >= 0.6 is 11.3 Å². The van der Waals surface area contributed by atoms with Crippen LogP contribution in [0.25, 0.3) is 0 Å². The van der Waals surface area contributed by atoms with Gasteiger partial charge in [0, 0.05) is 4.88 Å². The van der Waals surface area contributed by atoms with Crippen molar-refractivity contribution in [2.75, 3.05) is 11.9 Å². The van der Waals surface area contributed by atoms with Gasteiger partial charge in [0.1, 0.15) is 5.75 Å². The highest BCUT2D eigenvalue weighted by atomic mass is 32.1. The standard InChI is InChI=1S/C23H22F2N2O2S/c24-23(25)29-19-8-2-1-7-18(19)27-21(28)14-26-22(20-9-4-12-30-20)17-11-10-15-5-3-6-16(15)13-17/h1-2,4,7-13,22-23,26H,3,5-6,14H2,(H,27,28). The van der Waals surface area contributed by atoms with Crippen LogP contribution in [0.1, 0.15) is 34.0 Å². The number of ether oxygens (including phenoxy) is 1. The van der Waals surface area contributed by atoms with Crippen LogP contribution in [0.15, 0.2) is 60.0 Å². The van der Waals surface area contributed by atoms with Crippen LogP contribution < -0.4 is 15.4 Å². The van der Waals surface area contributed by atoms with Gasteiger partial charge in [-0.3, -0.25) is 10.1 Å². The Hall–Kier alpha value is -2.77. The highest BCUT2D eigenvalue weighted by molar-refractivity contribution is 7.10. The van der Waals surface area contributed by atoms with Crippen LogP contribution in [-0.2, 0) is 17.6 Å². The molecular formula is C23H22F2N2O2S. The van der Waals surface area contributed by atoms with Crippen LogP contribution in [0.2, 0.25) is 0 Å². The predicted molar refractivity (Wildman–Crippen MR) is 114 cm³/mol. The molecule has 1 atom stereocenters. The number of para-hydroxylation sites is 2. The zero-order chi connectivity index (χ0) is 20.9. The number of nitrogens with one attached hydrogen (secondary N) is 2. The number of amides is 1. The van der Waals surface area contributed by atoms with E-state index in [1.54, 1.807) is 23.5 Å². The van der Waals surface area contributed by atoms with Crippen LogP contribution in [0.4, 0.5) is 14.5 Å². The Balaban J connectivity index is 1.47. The van der Waals surface area contributed by atoms with Gasteiger partial charge >= 0.3 is 6.61 Å². The SMILES string of the molecule is O=C(CNC(c1ccc2c(c1)CCC2)c1cccs1)Nc1ccccc1OC(F)F. The molecule has 1 aliphatic carbocycles. The monoisotopic (exact) mass is 428 g/mol. The summed E-state index contributed by atoms with van der Waals surface area (Å²) < 4.78 is 29.6. The van der Waals surface area contributed by atoms with Crippen LogP contribution in [0.3, 0.4) is 0 Å². The minimum atomic E-state index is -2.95. The fourth-order valence-electron chi connectivity index (χ4n) is 3.77. The topological polar surface area (TPSA) is 50.4 Å². The van der Waals surface area contributed by atoms with Gasteiger partial charge in [0.15, 0.2) is 0 Å². The summed E-state index contributed by atoms with van der Waals surface area (Å²) in [6.07, 6.45) is 3.38. The van der Waals surface area contributed by atoms with E-state index in [-0.39, 0.29) is 29.9 Å². The van der Waals surface area contributed by atoms with Gasteiger partial charge in [-0.1, -0.05) is 36.4 Å². The van der Waals surface area contributed by atoms with Crippen molar-refractivity contribution in [3.05, 3.63) is 81.5 Å². The molecule has 1 aromatic heterocycles. The van der Waals surface area contributed by atoms with E-state index >= 15 is 0 Å². The third-order valence-electron chi connectivity index (χ3n) is 5.13. The Morgan fingerprint density at radius 1 is 1.07 bits per heavy atom.